The highest BCUT2D eigenvalue weighted by Crippen LogP contribution is 2.43. The third-order valence-corrected chi connectivity index (χ3v) is 3.75. The largest absolute Gasteiger partial charge is 0.330 e. The van der Waals surface area contributed by atoms with Crippen LogP contribution < -0.4 is 5.73 Å². The Kier molecular flexibility index (Phi) is 1.69. The standard InChI is InChI=1S/C9H18N2/c1-9-2-4-11(5-3-9)7-8(9)6-10/h8H,2-7,10H2,1H3. The molecule has 0 aliphatic carbocycles. The first-order chi connectivity index (χ1) is 5.24. The van der Waals surface area contributed by atoms with Gasteiger partial charge < -0.3 is 10.6 Å². The summed E-state index contributed by atoms with van der Waals surface area (Å²) in [7, 11) is 0. The van der Waals surface area contributed by atoms with Gasteiger partial charge in [0.15, 0.2) is 0 Å². The zero-order valence-electron chi connectivity index (χ0n) is 7.34. The van der Waals surface area contributed by atoms with E-state index in [9.17, 15) is 0 Å². The molecule has 0 amide bonds. The lowest BCUT2D eigenvalue weighted by molar-refractivity contribution is -0.0169. The summed E-state index contributed by atoms with van der Waals surface area (Å²) in [6, 6.07) is 0. The van der Waals surface area contributed by atoms with Crippen molar-refractivity contribution >= 4 is 0 Å². The molecule has 0 radical (unpaired) electrons. The van der Waals surface area contributed by atoms with Crippen molar-refractivity contribution in [2.75, 3.05) is 26.2 Å². The van der Waals surface area contributed by atoms with Crippen molar-refractivity contribution in [1.82, 2.24) is 4.90 Å². The van der Waals surface area contributed by atoms with Gasteiger partial charge in [0, 0.05) is 6.54 Å². The number of hydrogen-bond acceptors (Lipinski definition) is 2. The fourth-order valence-electron chi connectivity index (χ4n) is 2.55. The molecule has 3 rings (SSSR count). The Bertz CT molecular complexity index is 148. The summed E-state index contributed by atoms with van der Waals surface area (Å²) >= 11 is 0. The van der Waals surface area contributed by atoms with Gasteiger partial charge in [-0.25, -0.2) is 0 Å². The minimum absolute atomic E-state index is 0.587. The van der Waals surface area contributed by atoms with Crippen LogP contribution in [0.4, 0.5) is 0 Å². The lowest BCUT2D eigenvalue weighted by Gasteiger charge is -2.51. The molecule has 1 atom stereocenters. The van der Waals surface area contributed by atoms with Crippen molar-refractivity contribution in [3.8, 4) is 0 Å². The van der Waals surface area contributed by atoms with Gasteiger partial charge in [0.25, 0.3) is 0 Å². The smallest absolute Gasteiger partial charge is 0.00270 e. The molecule has 64 valence electrons. The molecule has 3 aliphatic rings. The van der Waals surface area contributed by atoms with Gasteiger partial charge in [-0.2, -0.15) is 0 Å². The van der Waals surface area contributed by atoms with Gasteiger partial charge in [0.2, 0.25) is 0 Å². The summed E-state index contributed by atoms with van der Waals surface area (Å²) in [5, 5.41) is 0. The molecule has 11 heavy (non-hydrogen) atoms. The van der Waals surface area contributed by atoms with Gasteiger partial charge in [0.05, 0.1) is 0 Å². The SMILES string of the molecule is CC12CCN(CC1)CC2CN. The van der Waals surface area contributed by atoms with E-state index >= 15 is 0 Å². The topological polar surface area (TPSA) is 29.3 Å². The van der Waals surface area contributed by atoms with Crippen molar-refractivity contribution in [2.45, 2.75) is 19.8 Å². The second-order valence-corrected chi connectivity index (χ2v) is 4.39. The summed E-state index contributed by atoms with van der Waals surface area (Å²) in [5.74, 6) is 0.769. The Morgan fingerprint density at radius 3 is 2.45 bits per heavy atom. The predicted molar refractivity (Wildman–Crippen MR) is 46.3 cm³/mol. The molecule has 2 N–H and O–H groups in total. The molecule has 3 fully saturated rings. The molecule has 0 aromatic rings. The molecule has 0 saturated carbocycles. The van der Waals surface area contributed by atoms with E-state index in [2.05, 4.69) is 11.8 Å². The number of nitrogens with two attached hydrogens (primary N) is 1. The minimum atomic E-state index is 0.587. The van der Waals surface area contributed by atoms with E-state index in [1.54, 1.807) is 0 Å². The van der Waals surface area contributed by atoms with Crippen LogP contribution in [0.1, 0.15) is 19.8 Å². The van der Waals surface area contributed by atoms with E-state index in [1.165, 1.54) is 32.5 Å². The maximum absolute atomic E-state index is 5.75. The van der Waals surface area contributed by atoms with Crippen molar-refractivity contribution in [3.05, 3.63) is 0 Å². The van der Waals surface area contributed by atoms with Crippen LogP contribution in [0.2, 0.25) is 0 Å². The average molecular weight is 154 g/mol. The maximum atomic E-state index is 5.75. The Labute approximate surface area is 68.7 Å². The van der Waals surface area contributed by atoms with Crippen molar-refractivity contribution < 1.29 is 0 Å². The summed E-state index contributed by atoms with van der Waals surface area (Å²) in [6.07, 6.45) is 2.74. The fraction of sp³-hybridized carbons (Fsp3) is 1.00. The molecule has 2 heteroatoms. The molecule has 3 heterocycles. The Morgan fingerprint density at radius 2 is 2.09 bits per heavy atom. The third kappa shape index (κ3) is 1.09. The first kappa shape index (κ1) is 7.56. The van der Waals surface area contributed by atoms with Gasteiger partial charge in [-0.15, -0.1) is 0 Å². The van der Waals surface area contributed by atoms with Crippen LogP contribution in [0.15, 0.2) is 0 Å². The molecule has 2 nitrogen and oxygen atoms in total. The van der Waals surface area contributed by atoms with E-state index in [4.69, 9.17) is 5.73 Å². The van der Waals surface area contributed by atoms with Gasteiger partial charge >= 0.3 is 0 Å². The van der Waals surface area contributed by atoms with Crippen LogP contribution in [-0.4, -0.2) is 31.1 Å². The third-order valence-electron chi connectivity index (χ3n) is 3.75. The number of fused-ring (bicyclic) bond motifs is 3. The molecule has 3 aliphatic heterocycles. The highest BCUT2D eigenvalue weighted by molar-refractivity contribution is 4.95. The second kappa shape index (κ2) is 2.46. The lowest BCUT2D eigenvalue weighted by atomic mass is 9.66. The molecule has 0 aromatic carbocycles. The van der Waals surface area contributed by atoms with Crippen molar-refractivity contribution in [2.24, 2.45) is 17.1 Å². The van der Waals surface area contributed by atoms with Crippen LogP contribution in [0.25, 0.3) is 0 Å². The summed E-state index contributed by atoms with van der Waals surface area (Å²) in [6.45, 7) is 7.18. The van der Waals surface area contributed by atoms with Gasteiger partial charge in [-0.1, -0.05) is 6.92 Å². The summed E-state index contributed by atoms with van der Waals surface area (Å²) in [4.78, 5) is 2.56. The summed E-state index contributed by atoms with van der Waals surface area (Å²) in [5.41, 5.74) is 6.34. The van der Waals surface area contributed by atoms with Crippen molar-refractivity contribution in [3.63, 3.8) is 0 Å². The highest BCUT2D eigenvalue weighted by Gasteiger charge is 2.42. The van der Waals surface area contributed by atoms with E-state index in [-0.39, 0.29) is 0 Å². The number of hydrogen-bond donors (Lipinski definition) is 1. The summed E-state index contributed by atoms with van der Waals surface area (Å²) < 4.78 is 0. The van der Waals surface area contributed by atoms with Crippen LogP contribution in [0, 0.1) is 11.3 Å². The maximum Gasteiger partial charge on any atom is 0.00270 e. The molecule has 2 bridgehead atoms. The first-order valence-electron chi connectivity index (χ1n) is 4.67. The second-order valence-electron chi connectivity index (χ2n) is 4.39. The van der Waals surface area contributed by atoms with Gasteiger partial charge in [-0.3, -0.25) is 0 Å². The molecule has 0 aromatic heterocycles. The zero-order chi connectivity index (χ0) is 7.90. The van der Waals surface area contributed by atoms with Gasteiger partial charge in [0.1, 0.15) is 0 Å². The Hall–Kier alpha value is -0.0800. The van der Waals surface area contributed by atoms with Crippen molar-refractivity contribution in [1.29, 1.82) is 0 Å². The molecule has 0 spiro atoms. The van der Waals surface area contributed by atoms with E-state index in [1.807, 2.05) is 0 Å². The quantitative estimate of drug-likeness (QED) is 0.601. The van der Waals surface area contributed by atoms with E-state index < -0.39 is 0 Å². The number of rotatable bonds is 1. The molecule has 3 saturated heterocycles. The van der Waals surface area contributed by atoms with Crippen LogP contribution in [0.3, 0.4) is 0 Å². The number of piperidine rings is 3. The minimum Gasteiger partial charge on any atom is -0.330 e. The monoisotopic (exact) mass is 154 g/mol. The Morgan fingerprint density at radius 1 is 1.45 bits per heavy atom. The van der Waals surface area contributed by atoms with Crippen LogP contribution >= 0.6 is 0 Å². The molecule has 1 unspecified atom stereocenters. The first-order valence-corrected chi connectivity index (χ1v) is 4.67. The predicted octanol–water partition coefficient (Wildman–Crippen LogP) is 0.677. The fourth-order valence-corrected chi connectivity index (χ4v) is 2.55. The normalized spacial score (nSPS) is 49.6. The van der Waals surface area contributed by atoms with E-state index in [0.29, 0.717) is 5.41 Å². The molecular formula is C9H18N2. The van der Waals surface area contributed by atoms with E-state index in [0.717, 1.165) is 12.5 Å². The average Bonchev–Trinajstić information content (AvgIpc) is 2.05. The zero-order valence-corrected chi connectivity index (χ0v) is 7.34. The molecular weight excluding hydrogens is 136 g/mol. The number of nitrogens with zero attached hydrogens (tertiary/aromatic N) is 1. The lowest BCUT2D eigenvalue weighted by Crippen LogP contribution is -2.55. The van der Waals surface area contributed by atoms with Crippen LogP contribution in [-0.2, 0) is 0 Å². The van der Waals surface area contributed by atoms with Gasteiger partial charge in [-0.05, 0) is 43.8 Å². The highest BCUT2D eigenvalue weighted by atomic mass is 15.2. The van der Waals surface area contributed by atoms with Crippen LogP contribution in [0.5, 0.6) is 0 Å². The Balaban J connectivity index is 2.13.